The van der Waals surface area contributed by atoms with E-state index in [2.05, 4.69) is 26.1 Å². The zero-order chi connectivity index (χ0) is 14.5. The van der Waals surface area contributed by atoms with Crippen molar-refractivity contribution in [3.63, 3.8) is 0 Å². The predicted molar refractivity (Wildman–Crippen MR) is 78.6 cm³/mol. The fraction of sp³-hybridized carbons (Fsp3) is 0.429. The van der Waals surface area contributed by atoms with E-state index >= 15 is 0 Å². The number of rotatable bonds is 5. The Kier molecular flexibility index (Phi) is 5.42. The summed E-state index contributed by atoms with van der Waals surface area (Å²) in [7, 11) is 0. The molecule has 0 bridgehead atoms. The number of carbonyl (C=O) groups is 2. The number of amides is 1. The van der Waals surface area contributed by atoms with E-state index in [0.29, 0.717) is 17.0 Å². The molecule has 1 aromatic rings. The van der Waals surface area contributed by atoms with Crippen molar-refractivity contribution in [1.29, 1.82) is 0 Å². The quantitative estimate of drug-likeness (QED) is 0.871. The molecule has 19 heavy (non-hydrogen) atoms. The number of aliphatic carboxylic acids is 1. The highest BCUT2D eigenvalue weighted by molar-refractivity contribution is 8.01. The molecule has 4 nitrogen and oxygen atoms in total. The van der Waals surface area contributed by atoms with Gasteiger partial charge >= 0.3 is 5.97 Å². The summed E-state index contributed by atoms with van der Waals surface area (Å²) in [6.45, 7) is 6.16. The summed E-state index contributed by atoms with van der Waals surface area (Å²) in [5.74, 6) is -0.578. The third kappa shape index (κ3) is 6.86. The summed E-state index contributed by atoms with van der Waals surface area (Å²) < 4.78 is 0.0441. The number of carbonyl (C=O) groups excluding carboxylic acids is 1. The zero-order valence-electron chi connectivity index (χ0n) is 11.4. The molecule has 104 valence electrons. The minimum absolute atomic E-state index is 0.0412. The lowest BCUT2D eigenvalue weighted by molar-refractivity contribution is -0.136. The third-order valence-corrected chi connectivity index (χ3v) is 3.47. The van der Waals surface area contributed by atoms with Crippen LogP contribution in [0.3, 0.4) is 0 Å². The van der Waals surface area contributed by atoms with Gasteiger partial charge in [0, 0.05) is 10.4 Å². The van der Waals surface area contributed by atoms with Crippen molar-refractivity contribution in [3.8, 4) is 0 Å². The van der Waals surface area contributed by atoms with Crippen LogP contribution in [0.2, 0.25) is 0 Å². The molecule has 0 radical (unpaired) electrons. The molecule has 0 aliphatic carbocycles. The summed E-state index contributed by atoms with van der Waals surface area (Å²) in [5, 5.41) is 11.5. The van der Waals surface area contributed by atoms with Gasteiger partial charge in [0.1, 0.15) is 0 Å². The first kappa shape index (κ1) is 15.6. The highest BCUT2D eigenvalue weighted by Gasteiger charge is 2.13. The van der Waals surface area contributed by atoms with Crippen molar-refractivity contribution in [1.82, 2.24) is 0 Å². The molecule has 0 heterocycles. The van der Waals surface area contributed by atoms with Gasteiger partial charge in [-0.05, 0) is 17.7 Å². The van der Waals surface area contributed by atoms with Crippen LogP contribution in [0.5, 0.6) is 0 Å². The van der Waals surface area contributed by atoms with Gasteiger partial charge in [-0.2, -0.15) is 0 Å². The summed E-state index contributed by atoms with van der Waals surface area (Å²) >= 11 is 1.57. The second-order valence-electron chi connectivity index (χ2n) is 5.22. The SMILES string of the molecule is CC(C)(C)SCC(=O)Nc1cccc(CC(=O)O)c1. The molecule has 1 amide bonds. The van der Waals surface area contributed by atoms with E-state index in [0.717, 1.165) is 0 Å². The van der Waals surface area contributed by atoms with E-state index in [1.54, 1.807) is 36.0 Å². The number of carboxylic acids is 1. The molecule has 0 aliphatic rings. The van der Waals surface area contributed by atoms with Crippen molar-refractivity contribution >= 4 is 29.3 Å². The second-order valence-corrected chi connectivity index (χ2v) is 7.02. The van der Waals surface area contributed by atoms with Crippen LogP contribution >= 0.6 is 11.8 Å². The van der Waals surface area contributed by atoms with Crippen LogP contribution in [0.15, 0.2) is 24.3 Å². The van der Waals surface area contributed by atoms with Crippen LogP contribution in [0.4, 0.5) is 5.69 Å². The van der Waals surface area contributed by atoms with Crippen LogP contribution in [-0.2, 0) is 16.0 Å². The molecular formula is C14H19NO3S. The molecule has 1 aromatic carbocycles. The Morgan fingerprint density at radius 1 is 1.32 bits per heavy atom. The van der Waals surface area contributed by atoms with Crippen molar-refractivity contribution in [3.05, 3.63) is 29.8 Å². The van der Waals surface area contributed by atoms with Gasteiger partial charge in [0.2, 0.25) is 5.91 Å². The van der Waals surface area contributed by atoms with Crippen molar-refractivity contribution < 1.29 is 14.7 Å². The zero-order valence-corrected chi connectivity index (χ0v) is 12.2. The Bertz CT molecular complexity index is 466. The first-order valence-corrected chi connectivity index (χ1v) is 6.99. The van der Waals surface area contributed by atoms with Crippen LogP contribution in [0.25, 0.3) is 0 Å². The summed E-state index contributed by atoms with van der Waals surface area (Å²) in [6, 6.07) is 6.91. The maximum absolute atomic E-state index is 11.7. The van der Waals surface area contributed by atoms with Gasteiger partial charge in [-0.25, -0.2) is 0 Å². The fourth-order valence-corrected chi connectivity index (χ4v) is 2.05. The molecule has 0 atom stereocenters. The number of anilines is 1. The molecule has 5 heteroatoms. The highest BCUT2D eigenvalue weighted by Crippen LogP contribution is 2.23. The minimum Gasteiger partial charge on any atom is -0.481 e. The standard InChI is InChI=1S/C14H19NO3S/c1-14(2,3)19-9-12(16)15-11-6-4-5-10(7-11)8-13(17)18/h4-7H,8-9H2,1-3H3,(H,15,16)(H,17,18). The molecule has 0 spiro atoms. The van der Waals surface area contributed by atoms with Crippen LogP contribution in [-0.4, -0.2) is 27.5 Å². The normalized spacial score (nSPS) is 11.1. The Hall–Kier alpha value is -1.49. The van der Waals surface area contributed by atoms with Crippen molar-refractivity contribution in [2.24, 2.45) is 0 Å². The van der Waals surface area contributed by atoms with Crippen LogP contribution in [0.1, 0.15) is 26.3 Å². The molecule has 0 unspecified atom stereocenters. The number of hydrogen-bond acceptors (Lipinski definition) is 3. The smallest absolute Gasteiger partial charge is 0.307 e. The summed E-state index contributed by atoms with van der Waals surface area (Å²) in [6.07, 6.45) is -0.0412. The van der Waals surface area contributed by atoms with E-state index in [1.165, 1.54) is 0 Å². The topological polar surface area (TPSA) is 66.4 Å². The van der Waals surface area contributed by atoms with Crippen molar-refractivity contribution in [2.75, 3.05) is 11.1 Å². The number of benzene rings is 1. The summed E-state index contributed by atoms with van der Waals surface area (Å²) in [5.41, 5.74) is 1.31. The number of hydrogen-bond donors (Lipinski definition) is 2. The molecule has 2 N–H and O–H groups in total. The maximum atomic E-state index is 11.7. The lowest BCUT2D eigenvalue weighted by Gasteiger charge is -2.17. The second kappa shape index (κ2) is 6.61. The van der Waals surface area contributed by atoms with Crippen LogP contribution in [0, 0.1) is 0 Å². The van der Waals surface area contributed by atoms with Gasteiger partial charge in [-0.1, -0.05) is 32.9 Å². The maximum Gasteiger partial charge on any atom is 0.307 e. The molecule has 1 rings (SSSR count). The largest absolute Gasteiger partial charge is 0.481 e. The van der Waals surface area contributed by atoms with Crippen LogP contribution < -0.4 is 5.32 Å². The average Bonchev–Trinajstić information content (AvgIpc) is 2.25. The third-order valence-electron chi connectivity index (χ3n) is 2.20. The van der Waals surface area contributed by atoms with Gasteiger partial charge in [0.15, 0.2) is 0 Å². The number of thioether (sulfide) groups is 1. The van der Waals surface area contributed by atoms with Crippen molar-refractivity contribution in [2.45, 2.75) is 31.9 Å². The Balaban J connectivity index is 2.57. The minimum atomic E-state index is -0.883. The Morgan fingerprint density at radius 2 is 2.00 bits per heavy atom. The van der Waals surface area contributed by atoms with E-state index < -0.39 is 5.97 Å². The van der Waals surface area contributed by atoms with E-state index in [1.807, 2.05) is 0 Å². The first-order chi connectivity index (χ1) is 8.76. The molecule has 0 saturated heterocycles. The number of carboxylic acid groups (broad SMARTS) is 1. The van der Waals surface area contributed by atoms with E-state index in [4.69, 9.17) is 5.11 Å². The van der Waals surface area contributed by atoms with Gasteiger partial charge in [0.05, 0.1) is 12.2 Å². The average molecular weight is 281 g/mol. The van der Waals surface area contributed by atoms with E-state index in [-0.39, 0.29) is 17.1 Å². The molecule has 0 saturated carbocycles. The first-order valence-electron chi connectivity index (χ1n) is 6.01. The molecule has 0 aromatic heterocycles. The van der Waals surface area contributed by atoms with Gasteiger partial charge < -0.3 is 10.4 Å². The van der Waals surface area contributed by atoms with E-state index in [9.17, 15) is 9.59 Å². The lowest BCUT2D eigenvalue weighted by Crippen LogP contribution is -2.19. The Labute approximate surface area is 117 Å². The highest BCUT2D eigenvalue weighted by atomic mass is 32.2. The van der Waals surface area contributed by atoms with Gasteiger partial charge in [-0.15, -0.1) is 11.8 Å². The fourth-order valence-electron chi connectivity index (χ4n) is 1.41. The molecular weight excluding hydrogens is 262 g/mol. The molecule has 0 fully saturated rings. The predicted octanol–water partition coefficient (Wildman–Crippen LogP) is 2.78. The van der Waals surface area contributed by atoms with Gasteiger partial charge in [-0.3, -0.25) is 9.59 Å². The van der Waals surface area contributed by atoms with Gasteiger partial charge in [0.25, 0.3) is 0 Å². The Morgan fingerprint density at radius 3 is 2.58 bits per heavy atom. The molecule has 0 aliphatic heterocycles. The number of nitrogens with one attached hydrogen (secondary N) is 1. The lowest BCUT2D eigenvalue weighted by atomic mass is 10.1. The monoisotopic (exact) mass is 281 g/mol. The summed E-state index contributed by atoms with van der Waals surface area (Å²) in [4.78, 5) is 22.4.